The highest BCUT2D eigenvalue weighted by molar-refractivity contribution is 6.08. The van der Waals surface area contributed by atoms with Gasteiger partial charge in [-0.25, -0.2) is 0 Å². The van der Waals surface area contributed by atoms with E-state index in [-0.39, 0.29) is 5.91 Å². The molecule has 1 aromatic heterocycles. The molecule has 102 valence electrons. The number of hydrogen-bond acceptors (Lipinski definition) is 2. The standard InChI is InChI=1S/C15H20N2O2/c1-9(2)8-16-15(18)14-10(3)17-13-6-5-11(19-4)7-12(13)14/h5-7,9,17H,8H2,1-4H3,(H,16,18). The minimum Gasteiger partial charge on any atom is -0.497 e. The lowest BCUT2D eigenvalue weighted by Gasteiger charge is -2.08. The number of nitrogens with one attached hydrogen (secondary N) is 2. The highest BCUT2D eigenvalue weighted by Gasteiger charge is 2.16. The molecule has 4 heteroatoms. The third kappa shape index (κ3) is 2.72. The number of aryl methyl sites for hydroxylation is 1. The van der Waals surface area contributed by atoms with Crippen LogP contribution in [0.2, 0.25) is 0 Å². The van der Waals surface area contributed by atoms with Crippen LogP contribution in [0.3, 0.4) is 0 Å². The lowest BCUT2D eigenvalue weighted by atomic mass is 10.1. The van der Waals surface area contributed by atoms with Gasteiger partial charge in [0.1, 0.15) is 5.75 Å². The van der Waals surface area contributed by atoms with Gasteiger partial charge in [-0.3, -0.25) is 4.79 Å². The second kappa shape index (κ2) is 5.34. The summed E-state index contributed by atoms with van der Waals surface area (Å²) in [6.07, 6.45) is 0. The van der Waals surface area contributed by atoms with Crippen molar-refractivity contribution in [1.29, 1.82) is 0 Å². The van der Waals surface area contributed by atoms with Crippen LogP contribution in [0.4, 0.5) is 0 Å². The highest BCUT2D eigenvalue weighted by Crippen LogP contribution is 2.26. The first-order chi connectivity index (χ1) is 9.02. The van der Waals surface area contributed by atoms with E-state index in [9.17, 15) is 4.79 Å². The zero-order valence-corrected chi connectivity index (χ0v) is 11.8. The lowest BCUT2D eigenvalue weighted by Crippen LogP contribution is -2.27. The number of hydrogen-bond donors (Lipinski definition) is 2. The number of methoxy groups -OCH3 is 1. The van der Waals surface area contributed by atoms with Crippen molar-refractivity contribution in [2.45, 2.75) is 20.8 Å². The molecule has 0 saturated carbocycles. The molecule has 1 heterocycles. The molecule has 4 nitrogen and oxygen atoms in total. The average molecular weight is 260 g/mol. The van der Waals surface area contributed by atoms with E-state index in [1.165, 1.54) is 0 Å². The van der Waals surface area contributed by atoms with Gasteiger partial charge in [0.15, 0.2) is 0 Å². The Labute approximate surface area is 113 Å². The van der Waals surface area contributed by atoms with Gasteiger partial charge >= 0.3 is 0 Å². The molecular formula is C15H20N2O2. The Bertz CT molecular complexity index is 599. The van der Waals surface area contributed by atoms with Crippen LogP contribution in [0.5, 0.6) is 5.75 Å². The minimum absolute atomic E-state index is 0.0364. The molecule has 0 aliphatic rings. The predicted octanol–water partition coefficient (Wildman–Crippen LogP) is 2.87. The van der Waals surface area contributed by atoms with Crippen molar-refractivity contribution in [3.63, 3.8) is 0 Å². The van der Waals surface area contributed by atoms with Crippen molar-refractivity contribution < 1.29 is 9.53 Å². The second-order valence-corrected chi connectivity index (χ2v) is 5.14. The monoisotopic (exact) mass is 260 g/mol. The number of carbonyl (C=O) groups excluding carboxylic acids is 1. The van der Waals surface area contributed by atoms with Crippen molar-refractivity contribution >= 4 is 16.8 Å². The Hall–Kier alpha value is -1.97. The minimum atomic E-state index is -0.0364. The van der Waals surface area contributed by atoms with Gasteiger partial charge in [0.2, 0.25) is 0 Å². The third-order valence-electron chi connectivity index (χ3n) is 3.09. The molecule has 0 atom stereocenters. The fourth-order valence-electron chi connectivity index (χ4n) is 2.11. The van der Waals surface area contributed by atoms with Gasteiger partial charge in [-0.1, -0.05) is 13.8 Å². The largest absolute Gasteiger partial charge is 0.497 e. The van der Waals surface area contributed by atoms with Crippen molar-refractivity contribution in [3.8, 4) is 5.75 Å². The van der Waals surface area contributed by atoms with Gasteiger partial charge < -0.3 is 15.0 Å². The number of rotatable bonds is 4. The molecule has 19 heavy (non-hydrogen) atoms. The quantitative estimate of drug-likeness (QED) is 0.888. The van der Waals surface area contributed by atoms with Crippen LogP contribution in [-0.4, -0.2) is 24.5 Å². The molecule has 0 aliphatic carbocycles. The molecule has 0 unspecified atom stereocenters. The van der Waals surface area contributed by atoms with E-state index in [0.29, 0.717) is 18.0 Å². The first-order valence-corrected chi connectivity index (χ1v) is 6.47. The summed E-state index contributed by atoms with van der Waals surface area (Å²) in [6.45, 7) is 6.74. The van der Waals surface area contributed by atoms with Crippen LogP contribution in [0.25, 0.3) is 10.9 Å². The maximum atomic E-state index is 12.3. The Morgan fingerprint density at radius 3 is 2.79 bits per heavy atom. The Morgan fingerprint density at radius 2 is 2.16 bits per heavy atom. The van der Waals surface area contributed by atoms with E-state index in [1.54, 1.807) is 7.11 Å². The summed E-state index contributed by atoms with van der Waals surface area (Å²) in [6, 6.07) is 5.71. The van der Waals surface area contributed by atoms with E-state index < -0.39 is 0 Å². The second-order valence-electron chi connectivity index (χ2n) is 5.14. The van der Waals surface area contributed by atoms with Crippen LogP contribution in [0, 0.1) is 12.8 Å². The van der Waals surface area contributed by atoms with Gasteiger partial charge in [0.05, 0.1) is 12.7 Å². The number of H-pyrrole nitrogens is 1. The summed E-state index contributed by atoms with van der Waals surface area (Å²) in [5, 5.41) is 3.86. The number of aromatic nitrogens is 1. The zero-order chi connectivity index (χ0) is 14.0. The van der Waals surface area contributed by atoms with E-state index in [0.717, 1.165) is 22.3 Å². The molecule has 0 fully saturated rings. The number of ether oxygens (including phenoxy) is 1. The molecule has 0 spiro atoms. The molecule has 0 saturated heterocycles. The van der Waals surface area contributed by atoms with Gasteiger partial charge in [-0.2, -0.15) is 0 Å². The topological polar surface area (TPSA) is 54.1 Å². The summed E-state index contributed by atoms with van der Waals surface area (Å²) in [4.78, 5) is 15.5. The highest BCUT2D eigenvalue weighted by atomic mass is 16.5. The summed E-state index contributed by atoms with van der Waals surface area (Å²) in [7, 11) is 1.62. The molecule has 2 rings (SSSR count). The normalized spacial score (nSPS) is 11.0. The summed E-state index contributed by atoms with van der Waals surface area (Å²) in [5.74, 6) is 1.15. The van der Waals surface area contributed by atoms with Crippen molar-refractivity contribution in [3.05, 3.63) is 29.5 Å². The van der Waals surface area contributed by atoms with Gasteiger partial charge in [-0.15, -0.1) is 0 Å². The zero-order valence-electron chi connectivity index (χ0n) is 11.8. The molecule has 2 N–H and O–H groups in total. The van der Waals surface area contributed by atoms with Crippen LogP contribution < -0.4 is 10.1 Å². The smallest absolute Gasteiger partial charge is 0.253 e. The number of benzene rings is 1. The summed E-state index contributed by atoms with van der Waals surface area (Å²) < 4.78 is 5.22. The molecule has 1 amide bonds. The SMILES string of the molecule is COc1ccc2[nH]c(C)c(C(=O)NCC(C)C)c2c1. The van der Waals surface area contributed by atoms with E-state index >= 15 is 0 Å². The Balaban J connectivity index is 2.40. The number of fused-ring (bicyclic) bond motifs is 1. The van der Waals surface area contributed by atoms with Crippen molar-refractivity contribution in [2.75, 3.05) is 13.7 Å². The lowest BCUT2D eigenvalue weighted by molar-refractivity contribution is 0.0950. The fourth-order valence-corrected chi connectivity index (χ4v) is 2.11. The third-order valence-corrected chi connectivity index (χ3v) is 3.09. The molecule has 1 aromatic carbocycles. The number of carbonyl (C=O) groups is 1. The van der Waals surface area contributed by atoms with Crippen molar-refractivity contribution in [1.82, 2.24) is 10.3 Å². The van der Waals surface area contributed by atoms with E-state index in [4.69, 9.17) is 4.74 Å². The van der Waals surface area contributed by atoms with E-state index in [2.05, 4.69) is 24.1 Å². The van der Waals surface area contributed by atoms with Crippen LogP contribution in [-0.2, 0) is 0 Å². The maximum absolute atomic E-state index is 12.3. The van der Waals surface area contributed by atoms with E-state index in [1.807, 2.05) is 25.1 Å². The maximum Gasteiger partial charge on any atom is 0.253 e. The first-order valence-electron chi connectivity index (χ1n) is 6.47. The van der Waals surface area contributed by atoms with Gasteiger partial charge in [0.25, 0.3) is 5.91 Å². The molecule has 0 radical (unpaired) electrons. The van der Waals surface area contributed by atoms with Crippen molar-refractivity contribution in [2.24, 2.45) is 5.92 Å². The number of amides is 1. The summed E-state index contributed by atoms with van der Waals surface area (Å²) >= 11 is 0. The summed E-state index contributed by atoms with van der Waals surface area (Å²) in [5.41, 5.74) is 2.53. The molecule has 0 aliphatic heterocycles. The Morgan fingerprint density at radius 1 is 1.42 bits per heavy atom. The molecule has 2 aromatic rings. The average Bonchev–Trinajstić information content (AvgIpc) is 2.70. The van der Waals surface area contributed by atoms with Crippen LogP contribution in [0.1, 0.15) is 29.9 Å². The predicted molar refractivity (Wildman–Crippen MR) is 76.8 cm³/mol. The Kier molecular flexibility index (Phi) is 3.79. The first kappa shape index (κ1) is 13.5. The molecule has 0 bridgehead atoms. The van der Waals surface area contributed by atoms with Gasteiger partial charge in [0, 0.05) is 23.1 Å². The van der Waals surface area contributed by atoms with Crippen LogP contribution in [0.15, 0.2) is 18.2 Å². The van der Waals surface area contributed by atoms with Crippen LogP contribution >= 0.6 is 0 Å². The number of aromatic amines is 1. The fraction of sp³-hybridized carbons (Fsp3) is 0.400. The van der Waals surface area contributed by atoms with Gasteiger partial charge in [-0.05, 0) is 31.0 Å². The molecular weight excluding hydrogens is 240 g/mol.